The smallest absolute Gasteiger partial charge is 0.257 e. The van der Waals surface area contributed by atoms with Crippen molar-refractivity contribution < 1.29 is 9.18 Å². The number of anilines is 1. The van der Waals surface area contributed by atoms with Crippen LogP contribution in [0.25, 0.3) is 0 Å². The highest BCUT2D eigenvalue weighted by Gasteiger charge is 2.27. The molecule has 0 atom stereocenters. The molecule has 0 aliphatic carbocycles. The molecule has 19 heavy (non-hydrogen) atoms. The van der Waals surface area contributed by atoms with E-state index in [1.165, 1.54) is 12.3 Å². The average Bonchev–Trinajstić information content (AvgIpc) is 2.53. The molecule has 0 saturated carbocycles. The molecule has 1 aliphatic heterocycles. The Balaban J connectivity index is 2.18. The minimum atomic E-state index is -0.712. The van der Waals surface area contributed by atoms with Crippen molar-refractivity contribution >= 4 is 11.7 Å². The molecule has 104 valence electrons. The molecular formula is C14H20FN3O. The lowest BCUT2D eigenvalue weighted by atomic mass is 9.85. The number of likely N-dealkylation sites (tertiary alicyclic amines) is 1. The van der Waals surface area contributed by atoms with E-state index in [2.05, 4.69) is 18.8 Å². The van der Waals surface area contributed by atoms with Crippen LogP contribution in [0.2, 0.25) is 0 Å². The van der Waals surface area contributed by atoms with Crippen LogP contribution in [0.4, 0.5) is 10.2 Å². The van der Waals surface area contributed by atoms with Gasteiger partial charge < -0.3 is 10.6 Å². The highest BCUT2D eigenvalue weighted by molar-refractivity contribution is 5.95. The normalized spacial score (nSPS) is 19.0. The van der Waals surface area contributed by atoms with Crippen molar-refractivity contribution in [2.75, 3.05) is 18.8 Å². The molecule has 2 N–H and O–H groups in total. The van der Waals surface area contributed by atoms with Crippen LogP contribution in [0.5, 0.6) is 0 Å². The van der Waals surface area contributed by atoms with Crippen LogP contribution < -0.4 is 5.73 Å². The number of carbonyl (C=O) groups excluding carboxylic acids is 1. The molecule has 1 fully saturated rings. The van der Waals surface area contributed by atoms with Gasteiger partial charge in [-0.05, 0) is 30.7 Å². The fourth-order valence-corrected chi connectivity index (χ4v) is 2.42. The fraction of sp³-hybridized carbons (Fsp3) is 0.571. The molecule has 1 saturated heterocycles. The molecule has 2 heterocycles. The largest absolute Gasteiger partial charge is 0.381 e. The Morgan fingerprint density at radius 3 is 2.89 bits per heavy atom. The summed E-state index contributed by atoms with van der Waals surface area (Å²) in [6, 6.07) is 1.39. The zero-order valence-electron chi connectivity index (χ0n) is 11.4. The van der Waals surface area contributed by atoms with Gasteiger partial charge in [0.15, 0.2) is 11.6 Å². The van der Waals surface area contributed by atoms with Crippen LogP contribution in [0.1, 0.15) is 43.5 Å². The lowest BCUT2D eigenvalue weighted by Gasteiger charge is -2.23. The molecule has 4 nitrogen and oxygen atoms in total. The van der Waals surface area contributed by atoms with Gasteiger partial charge in [-0.3, -0.25) is 4.79 Å². The van der Waals surface area contributed by atoms with Gasteiger partial charge in [-0.2, -0.15) is 0 Å². The van der Waals surface area contributed by atoms with Gasteiger partial charge >= 0.3 is 0 Å². The van der Waals surface area contributed by atoms with Gasteiger partial charge in [0.25, 0.3) is 5.91 Å². The molecule has 1 aromatic heterocycles. The van der Waals surface area contributed by atoms with Crippen LogP contribution >= 0.6 is 0 Å². The van der Waals surface area contributed by atoms with Crippen molar-refractivity contribution in [3.8, 4) is 0 Å². The Hall–Kier alpha value is -1.65. The van der Waals surface area contributed by atoms with E-state index in [1.54, 1.807) is 4.90 Å². The van der Waals surface area contributed by atoms with E-state index in [1.807, 2.05) is 0 Å². The first-order chi connectivity index (χ1) is 8.91. The van der Waals surface area contributed by atoms with E-state index in [9.17, 15) is 9.18 Å². The molecule has 0 unspecified atom stereocenters. The van der Waals surface area contributed by atoms with Crippen molar-refractivity contribution in [1.82, 2.24) is 9.88 Å². The van der Waals surface area contributed by atoms with Crippen LogP contribution in [0, 0.1) is 11.2 Å². The quantitative estimate of drug-likeness (QED) is 0.848. The SMILES string of the molecule is CC1(C)CCCN(C(=O)c2ccnc(N)c2F)CC1. The summed E-state index contributed by atoms with van der Waals surface area (Å²) >= 11 is 0. The lowest BCUT2D eigenvalue weighted by Crippen LogP contribution is -2.33. The number of aromatic nitrogens is 1. The zero-order valence-corrected chi connectivity index (χ0v) is 11.4. The predicted molar refractivity (Wildman–Crippen MR) is 72.1 cm³/mol. The summed E-state index contributed by atoms with van der Waals surface area (Å²) in [4.78, 5) is 17.7. The number of amides is 1. The summed E-state index contributed by atoms with van der Waals surface area (Å²) < 4.78 is 13.8. The number of nitrogens with zero attached hydrogens (tertiary/aromatic N) is 2. The number of nitrogens with two attached hydrogens (primary N) is 1. The minimum Gasteiger partial charge on any atom is -0.381 e. The summed E-state index contributed by atoms with van der Waals surface area (Å²) in [5, 5.41) is 0. The van der Waals surface area contributed by atoms with Gasteiger partial charge in [-0.25, -0.2) is 9.37 Å². The maximum atomic E-state index is 13.8. The average molecular weight is 265 g/mol. The van der Waals surface area contributed by atoms with Crippen molar-refractivity contribution in [2.24, 2.45) is 5.41 Å². The lowest BCUT2D eigenvalue weighted by molar-refractivity contribution is 0.0752. The first-order valence-corrected chi connectivity index (χ1v) is 6.60. The Labute approximate surface area is 112 Å². The second kappa shape index (κ2) is 5.15. The molecule has 1 aliphatic rings. The Kier molecular flexibility index (Phi) is 3.73. The molecule has 5 heteroatoms. The third-order valence-electron chi connectivity index (χ3n) is 3.77. The molecule has 1 amide bonds. The number of hydrogen-bond acceptors (Lipinski definition) is 3. The number of hydrogen-bond donors (Lipinski definition) is 1. The summed E-state index contributed by atoms with van der Waals surface area (Å²) in [7, 11) is 0. The third kappa shape index (κ3) is 3.03. The van der Waals surface area contributed by atoms with Crippen LogP contribution in [-0.2, 0) is 0 Å². The number of rotatable bonds is 1. The van der Waals surface area contributed by atoms with E-state index < -0.39 is 5.82 Å². The van der Waals surface area contributed by atoms with Crippen molar-refractivity contribution in [1.29, 1.82) is 0 Å². The van der Waals surface area contributed by atoms with E-state index in [-0.39, 0.29) is 22.7 Å². The van der Waals surface area contributed by atoms with Crippen LogP contribution in [-0.4, -0.2) is 28.9 Å². The van der Waals surface area contributed by atoms with Crippen molar-refractivity contribution in [3.63, 3.8) is 0 Å². The second-order valence-corrected chi connectivity index (χ2v) is 5.87. The van der Waals surface area contributed by atoms with Crippen molar-refractivity contribution in [2.45, 2.75) is 33.1 Å². The Bertz CT molecular complexity index is 488. The molecule has 1 aromatic rings. The number of pyridine rings is 1. The molecule has 0 spiro atoms. The van der Waals surface area contributed by atoms with Crippen LogP contribution in [0.3, 0.4) is 0 Å². The maximum Gasteiger partial charge on any atom is 0.257 e. The standard InChI is InChI=1S/C14H20FN3O/c1-14(2)5-3-8-18(9-6-14)13(19)10-4-7-17-12(16)11(10)15/h4,7H,3,5-6,8-9H2,1-2H3,(H2,16,17). The highest BCUT2D eigenvalue weighted by Crippen LogP contribution is 2.30. The summed E-state index contributed by atoms with van der Waals surface area (Å²) in [6.45, 7) is 5.73. The van der Waals surface area contributed by atoms with Gasteiger partial charge in [0.1, 0.15) is 0 Å². The van der Waals surface area contributed by atoms with Crippen molar-refractivity contribution in [3.05, 3.63) is 23.6 Å². The van der Waals surface area contributed by atoms with Gasteiger partial charge in [-0.1, -0.05) is 13.8 Å². The molecule has 2 rings (SSSR count). The van der Waals surface area contributed by atoms with E-state index >= 15 is 0 Å². The number of nitrogen functional groups attached to an aromatic ring is 1. The van der Waals surface area contributed by atoms with Gasteiger partial charge in [0.05, 0.1) is 5.56 Å². The molecular weight excluding hydrogens is 245 g/mol. The fourth-order valence-electron chi connectivity index (χ4n) is 2.42. The first-order valence-electron chi connectivity index (χ1n) is 6.60. The Morgan fingerprint density at radius 1 is 1.42 bits per heavy atom. The maximum absolute atomic E-state index is 13.8. The number of halogens is 1. The molecule has 0 aromatic carbocycles. The molecule has 0 radical (unpaired) electrons. The monoisotopic (exact) mass is 265 g/mol. The van der Waals surface area contributed by atoms with E-state index in [0.717, 1.165) is 19.3 Å². The third-order valence-corrected chi connectivity index (χ3v) is 3.77. The molecule has 0 bridgehead atoms. The van der Waals surface area contributed by atoms with Gasteiger partial charge in [0, 0.05) is 19.3 Å². The second-order valence-electron chi connectivity index (χ2n) is 5.87. The summed E-state index contributed by atoms with van der Waals surface area (Å²) in [5.74, 6) is -1.22. The first kappa shape index (κ1) is 13.8. The van der Waals surface area contributed by atoms with E-state index in [0.29, 0.717) is 13.1 Å². The zero-order chi connectivity index (χ0) is 14.0. The highest BCUT2D eigenvalue weighted by atomic mass is 19.1. The Morgan fingerprint density at radius 2 is 2.16 bits per heavy atom. The van der Waals surface area contributed by atoms with Gasteiger partial charge in [-0.15, -0.1) is 0 Å². The predicted octanol–water partition coefficient (Wildman–Crippen LogP) is 2.46. The summed E-state index contributed by atoms with van der Waals surface area (Å²) in [5.41, 5.74) is 5.67. The topological polar surface area (TPSA) is 59.2 Å². The number of carbonyl (C=O) groups is 1. The van der Waals surface area contributed by atoms with E-state index in [4.69, 9.17) is 5.73 Å². The minimum absolute atomic E-state index is 0.0206. The summed E-state index contributed by atoms with van der Waals surface area (Å²) in [6.07, 6.45) is 4.33. The van der Waals surface area contributed by atoms with Crippen LogP contribution in [0.15, 0.2) is 12.3 Å². The van der Waals surface area contributed by atoms with Gasteiger partial charge in [0.2, 0.25) is 0 Å².